The molecule has 2 aromatic heterocycles. The highest BCUT2D eigenvalue weighted by molar-refractivity contribution is 7.07. The van der Waals surface area contributed by atoms with Crippen LogP contribution in [0.5, 0.6) is 0 Å². The molecular weight excluding hydrogens is 322 g/mol. The maximum atomic E-state index is 12.4. The second-order valence-electron chi connectivity index (χ2n) is 5.58. The van der Waals surface area contributed by atoms with Gasteiger partial charge in [0, 0.05) is 25.8 Å². The van der Waals surface area contributed by atoms with E-state index in [2.05, 4.69) is 33.1 Å². The summed E-state index contributed by atoms with van der Waals surface area (Å²) in [6, 6.07) is 7.77. The van der Waals surface area contributed by atoms with Gasteiger partial charge in [0.05, 0.1) is 11.6 Å². The zero-order chi connectivity index (χ0) is 16.8. The number of carbonyl (C=O) groups is 1. The standard InChI is InChI=1S/C17H19N5OS/c18-11-13-3-1-6-19-16(13)20-7-8-21-17(23)22-9-2-4-15(22)14-5-10-24-12-14/h1,3,5-6,10,12,15H,2,4,7-9H2,(H,19,20)(H,21,23)/t15-/m0/s1. The summed E-state index contributed by atoms with van der Waals surface area (Å²) in [6.45, 7) is 1.79. The van der Waals surface area contributed by atoms with Crippen molar-refractivity contribution in [2.24, 2.45) is 0 Å². The van der Waals surface area contributed by atoms with E-state index in [-0.39, 0.29) is 12.1 Å². The molecule has 1 saturated heterocycles. The summed E-state index contributed by atoms with van der Waals surface area (Å²) in [4.78, 5) is 18.4. The molecular formula is C17H19N5OS. The first-order chi connectivity index (χ1) is 11.8. The molecule has 1 fully saturated rings. The van der Waals surface area contributed by atoms with Crippen molar-refractivity contribution in [2.45, 2.75) is 18.9 Å². The van der Waals surface area contributed by atoms with Crippen LogP contribution in [0.1, 0.15) is 30.0 Å². The zero-order valence-electron chi connectivity index (χ0n) is 13.2. The lowest BCUT2D eigenvalue weighted by atomic mass is 10.1. The first kappa shape index (κ1) is 16.3. The highest BCUT2D eigenvalue weighted by Crippen LogP contribution is 2.32. The zero-order valence-corrected chi connectivity index (χ0v) is 14.1. The minimum atomic E-state index is -0.0352. The second kappa shape index (κ2) is 7.79. The molecule has 124 valence electrons. The van der Waals surface area contributed by atoms with Crippen molar-refractivity contribution in [3.05, 3.63) is 46.3 Å². The minimum Gasteiger partial charge on any atom is -0.367 e. The highest BCUT2D eigenvalue weighted by Gasteiger charge is 2.29. The molecule has 3 rings (SSSR count). The number of aromatic nitrogens is 1. The van der Waals surface area contributed by atoms with Crippen LogP contribution in [0.3, 0.4) is 0 Å². The molecule has 24 heavy (non-hydrogen) atoms. The van der Waals surface area contributed by atoms with E-state index >= 15 is 0 Å². The molecule has 0 saturated carbocycles. The summed E-state index contributed by atoms with van der Waals surface area (Å²) in [5, 5.41) is 19.2. The summed E-state index contributed by atoms with van der Waals surface area (Å²) >= 11 is 1.66. The molecule has 0 aromatic carbocycles. The number of hydrogen-bond acceptors (Lipinski definition) is 5. The van der Waals surface area contributed by atoms with Gasteiger partial charge in [-0.2, -0.15) is 16.6 Å². The monoisotopic (exact) mass is 341 g/mol. The smallest absolute Gasteiger partial charge is 0.317 e. The molecule has 6 nitrogen and oxygen atoms in total. The Morgan fingerprint density at radius 1 is 1.46 bits per heavy atom. The molecule has 2 aromatic rings. The van der Waals surface area contributed by atoms with Crippen molar-refractivity contribution in [3.63, 3.8) is 0 Å². The van der Waals surface area contributed by atoms with Crippen molar-refractivity contribution in [3.8, 4) is 6.07 Å². The number of carbonyl (C=O) groups excluding carboxylic acids is 1. The molecule has 0 spiro atoms. The number of thiophene rings is 1. The third-order valence-electron chi connectivity index (χ3n) is 4.06. The normalized spacial score (nSPS) is 16.6. The summed E-state index contributed by atoms with van der Waals surface area (Å²) in [6.07, 6.45) is 3.69. The molecule has 1 atom stereocenters. The van der Waals surface area contributed by atoms with Crippen LogP contribution in [0.15, 0.2) is 35.2 Å². The SMILES string of the molecule is N#Cc1cccnc1NCCNC(=O)N1CCC[C@H]1c1ccsc1. The third kappa shape index (κ3) is 3.66. The number of amides is 2. The average molecular weight is 341 g/mol. The molecule has 1 aliphatic rings. The van der Waals surface area contributed by atoms with E-state index < -0.39 is 0 Å². The third-order valence-corrected chi connectivity index (χ3v) is 4.76. The molecule has 0 aliphatic carbocycles. The Bertz CT molecular complexity index is 725. The average Bonchev–Trinajstić information content (AvgIpc) is 3.29. The number of nitrogens with one attached hydrogen (secondary N) is 2. The van der Waals surface area contributed by atoms with E-state index in [0.717, 1.165) is 19.4 Å². The number of rotatable bonds is 5. The van der Waals surface area contributed by atoms with Gasteiger partial charge in [-0.05, 0) is 47.4 Å². The van der Waals surface area contributed by atoms with Crippen molar-refractivity contribution in [2.75, 3.05) is 25.0 Å². The van der Waals surface area contributed by atoms with Gasteiger partial charge in [0.25, 0.3) is 0 Å². The van der Waals surface area contributed by atoms with Gasteiger partial charge in [-0.25, -0.2) is 9.78 Å². The summed E-state index contributed by atoms with van der Waals surface area (Å²) in [5.74, 6) is 0.548. The Balaban J connectivity index is 1.48. The van der Waals surface area contributed by atoms with Crippen molar-refractivity contribution in [1.29, 1.82) is 5.26 Å². The van der Waals surface area contributed by atoms with Gasteiger partial charge < -0.3 is 15.5 Å². The van der Waals surface area contributed by atoms with E-state index in [1.54, 1.807) is 29.7 Å². The Morgan fingerprint density at radius 3 is 3.17 bits per heavy atom. The van der Waals surface area contributed by atoms with E-state index in [1.807, 2.05) is 10.3 Å². The lowest BCUT2D eigenvalue weighted by molar-refractivity contribution is 0.193. The van der Waals surface area contributed by atoms with Gasteiger partial charge in [-0.15, -0.1) is 0 Å². The van der Waals surface area contributed by atoms with E-state index in [4.69, 9.17) is 5.26 Å². The van der Waals surface area contributed by atoms with Gasteiger partial charge in [0.1, 0.15) is 11.9 Å². The Morgan fingerprint density at radius 2 is 2.38 bits per heavy atom. The number of likely N-dealkylation sites (tertiary alicyclic amines) is 1. The molecule has 7 heteroatoms. The van der Waals surface area contributed by atoms with Crippen LogP contribution >= 0.6 is 11.3 Å². The maximum absolute atomic E-state index is 12.4. The van der Waals surface area contributed by atoms with Gasteiger partial charge >= 0.3 is 6.03 Å². The first-order valence-electron chi connectivity index (χ1n) is 7.95. The Hall–Kier alpha value is -2.59. The van der Waals surface area contributed by atoms with Gasteiger partial charge in [-0.3, -0.25) is 0 Å². The van der Waals surface area contributed by atoms with E-state index in [1.165, 1.54) is 5.56 Å². The van der Waals surface area contributed by atoms with Crippen LogP contribution in [0.25, 0.3) is 0 Å². The fourth-order valence-electron chi connectivity index (χ4n) is 2.91. The lowest BCUT2D eigenvalue weighted by Gasteiger charge is -2.24. The number of pyridine rings is 1. The summed E-state index contributed by atoms with van der Waals surface area (Å²) in [5.41, 5.74) is 1.72. The predicted molar refractivity (Wildman–Crippen MR) is 93.8 cm³/mol. The first-order valence-corrected chi connectivity index (χ1v) is 8.89. The fraction of sp³-hybridized carbons (Fsp3) is 0.353. The largest absolute Gasteiger partial charge is 0.367 e. The molecule has 0 bridgehead atoms. The van der Waals surface area contributed by atoms with E-state index in [9.17, 15) is 4.79 Å². The lowest BCUT2D eigenvalue weighted by Crippen LogP contribution is -2.41. The van der Waals surface area contributed by atoms with Crippen LogP contribution in [-0.4, -0.2) is 35.5 Å². The molecule has 0 unspecified atom stereocenters. The topological polar surface area (TPSA) is 81.0 Å². The second-order valence-corrected chi connectivity index (χ2v) is 6.36. The van der Waals surface area contributed by atoms with Gasteiger partial charge in [0.2, 0.25) is 0 Å². The van der Waals surface area contributed by atoms with Crippen LogP contribution in [0, 0.1) is 11.3 Å². The quantitative estimate of drug-likeness (QED) is 0.819. The molecule has 2 amide bonds. The number of urea groups is 1. The van der Waals surface area contributed by atoms with Crippen LogP contribution < -0.4 is 10.6 Å². The van der Waals surface area contributed by atoms with Crippen LogP contribution in [-0.2, 0) is 0 Å². The summed E-state index contributed by atoms with van der Waals surface area (Å²) in [7, 11) is 0. The highest BCUT2D eigenvalue weighted by atomic mass is 32.1. The van der Waals surface area contributed by atoms with Crippen molar-refractivity contribution in [1.82, 2.24) is 15.2 Å². The Kier molecular flexibility index (Phi) is 5.29. The number of anilines is 1. The van der Waals surface area contributed by atoms with E-state index in [0.29, 0.717) is 24.5 Å². The van der Waals surface area contributed by atoms with Gasteiger partial charge in [-0.1, -0.05) is 0 Å². The number of nitrogens with zero attached hydrogens (tertiary/aromatic N) is 3. The van der Waals surface area contributed by atoms with Crippen LogP contribution in [0.4, 0.5) is 10.6 Å². The molecule has 0 radical (unpaired) electrons. The minimum absolute atomic E-state index is 0.0352. The van der Waals surface area contributed by atoms with Crippen molar-refractivity contribution < 1.29 is 4.79 Å². The van der Waals surface area contributed by atoms with Crippen LogP contribution in [0.2, 0.25) is 0 Å². The summed E-state index contributed by atoms with van der Waals surface area (Å²) < 4.78 is 0. The van der Waals surface area contributed by atoms with Gasteiger partial charge in [0.15, 0.2) is 0 Å². The molecule has 2 N–H and O–H groups in total. The number of nitriles is 1. The molecule has 1 aliphatic heterocycles. The predicted octanol–water partition coefficient (Wildman–Crippen LogP) is 2.97. The maximum Gasteiger partial charge on any atom is 0.317 e. The Labute approximate surface area is 145 Å². The molecule has 3 heterocycles. The number of hydrogen-bond donors (Lipinski definition) is 2. The fourth-order valence-corrected chi connectivity index (χ4v) is 3.62. The van der Waals surface area contributed by atoms with Crippen molar-refractivity contribution >= 4 is 23.2 Å².